The van der Waals surface area contributed by atoms with Crippen LogP contribution in [-0.4, -0.2) is 12.7 Å². The maximum Gasteiger partial charge on any atom is 0.387 e. The second kappa shape index (κ2) is 5.12. The van der Waals surface area contributed by atoms with Crippen LogP contribution in [0, 0.1) is 5.41 Å². The highest BCUT2D eigenvalue weighted by molar-refractivity contribution is 5.56. The van der Waals surface area contributed by atoms with Crippen molar-refractivity contribution in [2.75, 3.05) is 5.32 Å². The van der Waals surface area contributed by atoms with Gasteiger partial charge in [0.25, 0.3) is 0 Å². The number of alkyl halides is 2. The molecule has 1 saturated carbocycles. The van der Waals surface area contributed by atoms with Crippen molar-refractivity contribution in [1.82, 2.24) is 0 Å². The van der Waals surface area contributed by atoms with Crippen molar-refractivity contribution in [3.05, 3.63) is 24.3 Å². The van der Waals surface area contributed by atoms with E-state index < -0.39 is 6.61 Å². The zero-order valence-corrected chi connectivity index (χ0v) is 10.7. The van der Waals surface area contributed by atoms with Gasteiger partial charge in [0.1, 0.15) is 5.75 Å². The number of anilines is 1. The van der Waals surface area contributed by atoms with Crippen molar-refractivity contribution < 1.29 is 13.5 Å². The lowest BCUT2D eigenvalue weighted by atomic mass is 9.92. The van der Waals surface area contributed by atoms with E-state index in [1.165, 1.54) is 0 Å². The summed E-state index contributed by atoms with van der Waals surface area (Å²) >= 11 is 0. The minimum Gasteiger partial charge on any atom is -0.433 e. The van der Waals surface area contributed by atoms with E-state index in [1.807, 2.05) is 6.07 Å². The molecular weight excluding hydrogens is 236 g/mol. The fourth-order valence-electron chi connectivity index (χ4n) is 2.56. The first kappa shape index (κ1) is 13.1. The Balaban J connectivity index is 2.05. The smallest absolute Gasteiger partial charge is 0.387 e. The lowest BCUT2D eigenvalue weighted by molar-refractivity contribution is -0.0493. The summed E-state index contributed by atoms with van der Waals surface area (Å²) in [5.41, 5.74) is 0.983. The van der Waals surface area contributed by atoms with Crippen LogP contribution in [0.5, 0.6) is 5.75 Å². The highest BCUT2D eigenvalue weighted by Crippen LogP contribution is 2.39. The van der Waals surface area contributed by atoms with Gasteiger partial charge in [0.2, 0.25) is 0 Å². The molecule has 1 aromatic rings. The van der Waals surface area contributed by atoms with E-state index in [-0.39, 0.29) is 5.75 Å². The van der Waals surface area contributed by atoms with Crippen LogP contribution < -0.4 is 10.1 Å². The van der Waals surface area contributed by atoms with Crippen molar-refractivity contribution in [2.24, 2.45) is 5.41 Å². The Morgan fingerprint density at radius 1 is 1.33 bits per heavy atom. The van der Waals surface area contributed by atoms with Gasteiger partial charge in [0.15, 0.2) is 0 Å². The normalized spacial score (nSPS) is 22.2. The molecule has 1 fully saturated rings. The van der Waals surface area contributed by atoms with Crippen molar-refractivity contribution in [3.8, 4) is 5.75 Å². The predicted octanol–water partition coefficient (Wildman–Crippen LogP) is 4.28. The summed E-state index contributed by atoms with van der Waals surface area (Å²) in [6.45, 7) is 1.68. The third-order valence-electron chi connectivity index (χ3n) is 3.43. The number of benzene rings is 1. The van der Waals surface area contributed by atoms with E-state index in [0.29, 0.717) is 17.1 Å². The first-order valence-electron chi connectivity index (χ1n) is 6.27. The number of nitrogens with one attached hydrogen (secondary N) is 1. The van der Waals surface area contributed by atoms with Crippen molar-refractivity contribution in [1.29, 1.82) is 0 Å². The molecule has 0 radical (unpaired) electrons. The number of halogens is 2. The predicted molar refractivity (Wildman–Crippen MR) is 68.1 cm³/mol. The molecule has 0 amide bonds. The maximum absolute atomic E-state index is 12.3. The van der Waals surface area contributed by atoms with Crippen LogP contribution in [0.2, 0.25) is 0 Å². The van der Waals surface area contributed by atoms with Gasteiger partial charge in [0, 0.05) is 6.04 Å². The van der Waals surface area contributed by atoms with Crippen LogP contribution in [-0.2, 0) is 0 Å². The Morgan fingerprint density at radius 3 is 2.67 bits per heavy atom. The monoisotopic (exact) mass is 255 g/mol. The average Bonchev–Trinajstić information content (AvgIpc) is 2.60. The van der Waals surface area contributed by atoms with Gasteiger partial charge in [-0.25, -0.2) is 0 Å². The molecule has 1 aliphatic rings. The first-order chi connectivity index (χ1) is 8.46. The summed E-state index contributed by atoms with van der Waals surface area (Å²) in [6, 6.07) is 7.20. The average molecular weight is 255 g/mol. The van der Waals surface area contributed by atoms with Gasteiger partial charge in [-0.05, 0) is 36.8 Å². The maximum atomic E-state index is 12.3. The molecule has 0 saturated heterocycles. The molecule has 1 unspecified atom stereocenters. The Labute approximate surface area is 106 Å². The van der Waals surface area contributed by atoms with Gasteiger partial charge < -0.3 is 10.1 Å². The Morgan fingerprint density at radius 2 is 2.06 bits per heavy atom. The van der Waals surface area contributed by atoms with Crippen molar-refractivity contribution in [3.63, 3.8) is 0 Å². The fourth-order valence-corrected chi connectivity index (χ4v) is 2.56. The van der Waals surface area contributed by atoms with E-state index in [2.05, 4.69) is 23.9 Å². The zero-order chi connectivity index (χ0) is 13.2. The zero-order valence-electron chi connectivity index (χ0n) is 10.7. The summed E-state index contributed by atoms with van der Waals surface area (Å²) in [6.07, 6.45) is 3.27. The van der Waals surface area contributed by atoms with Gasteiger partial charge in [-0.15, -0.1) is 0 Å². The molecule has 1 aliphatic carbocycles. The summed E-state index contributed by atoms with van der Waals surface area (Å²) in [5, 5.41) is 3.31. The molecule has 4 heteroatoms. The number of para-hydroxylation sites is 2. The SMILES string of the molecule is CC1(C)CCC(Nc2ccccc2OC(F)F)C1. The lowest BCUT2D eigenvalue weighted by Crippen LogP contribution is -2.18. The van der Waals surface area contributed by atoms with Crippen LogP contribution in [0.25, 0.3) is 0 Å². The quantitative estimate of drug-likeness (QED) is 0.867. The number of hydrogen-bond acceptors (Lipinski definition) is 2. The Kier molecular flexibility index (Phi) is 3.73. The molecule has 2 nitrogen and oxygen atoms in total. The molecular formula is C14H19F2NO. The van der Waals surface area contributed by atoms with Crippen LogP contribution in [0.1, 0.15) is 33.1 Å². The third-order valence-corrected chi connectivity index (χ3v) is 3.43. The topological polar surface area (TPSA) is 21.3 Å². The molecule has 0 aliphatic heterocycles. The molecule has 2 rings (SSSR count). The Bertz CT molecular complexity index is 407. The number of ether oxygens (including phenoxy) is 1. The standard InChI is InChI=1S/C14H19F2NO/c1-14(2)8-7-10(9-14)17-11-5-3-4-6-12(11)18-13(15)16/h3-6,10,13,17H,7-9H2,1-2H3. The van der Waals surface area contributed by atoms with E-state index >= 15 is 0 Å². The summed E-state index contributed by atoms with van der Waals surface area (Å²) in [5.74, 6) is 0.220. The Hall–Kier alpha value is -1.32. The molecule has 100 valence electrons. The molecule has 0 bridgehead atoms. The second-order valence-corrected chi connectivity index (χ2v) is 5.62. The van der Waals surface area contributed by atoms with Gasteiger partial charge in [0.05, 0.1) is 5.69 Å². The minimum absolute atomic E-state index is 0.220. The molecule has 0 aromatic heterocycles. The highest BCUT2D eigenvalue weighted by atomic mass is 19.3. The molecule has 1 aromatic carbocycles. The summed E-state index contributed by atoms with van der Waals surface area (Å²) in [4.78, 5) is 0. The lowest BCUT2D eigenvalue weighted by Gasteiger charge is -2.20. The van der Waals surface area contributed by atoms with E-state index in [9.17, 15) is 8.78 Å². The van der Waals surface area contributed by atoms with Crippen molar-refractivity contribution >= 4 is 5.69 Å². The van der Waals surface area contributed by atoms with Crippen LogP contribution >= 0.6 is 0 Å². The highest BCUT2D eigenvalue weighted by Gasteiger charge is 2.31. The third kappa shape index (κ3) is 3.34. The number of rotatable bonds is 4. The van der Waals surface area contributed by atoms with E-state index in [4.69, 9.17) is 0 Å². The van der Waals surface area contributed by atoms with E-state index in [1.54, 1.807) is 18.2 Å². The van der Waals surface area contributed by atoms with Crippen LogP contribution in [0.4, 0.5) is 14.5 Å². The fraction of sp³-hybridized carbons (Fsp3) is 0.571. The summed E-state index contributed by atoms with van der Waals surface area (Å²) < 4.78 is 29.1. The van der Waals surface area contributed by atoms with Gasteiger partial charge in [-0.2, -0.15) is 8.78 Å². The van der Waals surface area contributed by atoms with Gasteiger partial charge in [-0.1, -0.05) is 26.0 Å². The largest absolute Gasteiger partial charge is 0.433 e. The molecule has 0 heterocycles. The van der Waals surface area contributed by atoms with Crippen LogP contribution in [0.3, 0.4) is 0 Å². The van der Waals surface area contributed by atoms with E-state index in [0.717, 1.165) is 19.3 Å². The van der Waals surface area contributed by atoms with Crippen LogP contribution in [0.15, 0.2) is 24.3 Å². The minimum atomic E-state index is -2.78. The van der Waals surface area contributed by atoms with Gasteiger partial charge in [-0.3, -0.25) is 0 Å². The number of hydrogen-bond donors (Lipinski definition) is 1. The summed E-state index contributed by atoms with van der Waals surface area (Å²) in [7, 11) is 0. The second-order valence-electron chi connectivity index (χ2n) is 5.62. The molecule has 1 atom stereocenters. The first-order valence-corrected chi connectivity index (χ1v) is 6.27. The molecule has 1 N–H and O–H groups in total. The molecule has 18 heavy (non-hydrogen) atoms. The van der Waals surface area contributed by atoms with Crippen molar-refractivity contribution in [2.45, 2.75) is 45.8 Å². The van der Waals surface area contributed by atoms with Gasteiger partial charge >= 0.3 is 6.61 Å². The molecule has 0 spiro atoms.